The summed E-state index contributed by atoms with van der Waals surface area (Å²) in [5.41, 5.74) is 1.32. The topological polar surface area (TPSA) is 42.4 Å². The molecular weight excluding hydrogens is 284 g/mol. The van der Waals surface area contributed by atoms with Crippen LogP contribution in [-0.2, 0) is 22.5 Å². The summed E-state index contributed by atoms with van der Waals surface area (Å²) in [6, 6.07) is 0. The van der Waals surface area contributed by atoms with Gasteiger partial charge in [0.1, 0.15) is 0 Å². The average molecular weight is 308 g/mol. The first-order chi connectivity index (χ1) is 10.1. The normalized spacial score (nSPS) is 26.0. The molecule has 1 aromatic heterocycles. The van der Waals surface area contributed by atoms with E-state index >= 15 is 0 Å². The summed E-state index contributed by atoms with van der Waals surface area (Å²) >= 11 is 1.77. The Labute approximate surface area is 130 Å². The van der Waals surface area contributed by atoms with Crippen molar-refractivity contribution in [1.29, 1.82) is 0 Å². The highest BCUT2D eigenvalue weighted by molar-refractivity contribution is 7.11. The molecule has 0 unspecified atom stereocenters. The second-order valence-electron chi connectivity index (χ2n) is 6.42. The maximum atomic E-state index is 12.3. The number of ether oxygens (including phenoxy) is 1. The molecule has 1 atom stereocenters. The molecule has 3 rings (SSSR count). The Kier molecular flexibility index (Phi) is 4.31. The molecule has 2 saturated heterocycles. The van der Waals surface area contributed by atoms with Crippen LogP contribution in [0.5, 0.6) is 0 Å². The summed E-state index contributed by atoms with van der Waals surface area (Å²) in [6.45, 7) is 7.49. The Hall–Kier alpha value is -0.940. The van der Waals surface area contributed by atoms with Gasteiger partial charge in [-0.05, 0) is 32.6 Å². The summed E-state index contributed by atoms with van der Waals surface area (Å²) in [6.07, 6.45) is 4.92. The molecule has 2 aliphatic rings. The highest BCUT2D eigenvalue weighted by Gasteiger charge is 2.41. The molecule has 0 radical (unpaired) electrons. The molecule has 3 heterocycles. The molecule has 21 heavy (non-hydrogen) atoms. The lowest BCUT2D eigenvalue weighted by molar-refractivity contribution is -0.138. The largest absolute Gasteiger partial charge is 0.381 e. The highest BCUT2D eigenvalue weighted by atomic mass is 32.1. The summed E-state index contributed by atoms with van der Waals surface area (Å²) < 4.78 is 5.58. The number of carbonyl (C=O) groups is 1. The van der Waals surface area contributed by atoms with E-state index < -0.39 is 0 Å². The number of carbonyl (C=O) groups excluding carboxylic acids is 1. The third-order valence-corrected chi connectivity index (χ3v) is 5.87. The van der Waals surface area contributed by atoms with Gasteiger partial charge in [-0.25, -0.2) is 4.98 Å². The number of piperidine rings is 1. The number of hydrogen-bond acceptors (Lipinski definition) is 4. The Balaban J connectivity index is 1.71. The predicted octanol–water partition coefficient (Wildman–Crippen LogP) is 2.93. The van der Waals surface area contributed by atoms with Gasteiger partial charge < -0.3 is 9.64 Å². The Morgan fingerprint density at radius 3 is 3.00 bits per heavy atom. The third kappa shape index (κ3) is 3.14. The number of likely N-dealkylation sites (tertiary alicyclic amines) is 1. The molecule has 0 saturated carbocycles. The Morgan fingerprint density at radius 2 is 2.29 bits per heavy atom. The van der Waals surface area contributed by atoms with Crippen LogP contribution in [-0.4, -0.2) is 35.5 Å². The van der Waals surface area contributed by atoms with E-state index in [1.54, 1.807) is 11.3 Å². The fourth-order valence-electron chi connectivity index (χ4n) is 3.35. The fourth-order valence-corrected chi connectivity index (χ4v) is 4.53. The van der Waals surface area contributed by atoms with Gasteiger partial charge >= 0.3 is 0 Å². The lowest BCUT2D eigenvalue weighted by Gasteiger charge is -2.39. The summed E-state index contributed by atoms with van der Waals surface area (Å²) in [7, 11) is 0. The minimum absolute atomic E-state index is 0.221. The first-order valence-electron chi connectivity index (χ1n) is 7.92. The first-order valence-corrected chi connectivity index (χ1v) is 8.74. The Morgan fingerprint density at radius 1 is 1.43 bits per heavy atom. The minimum Gasteiger partial charge on any atom is -0.381 e. The van der Waals surface area contributed by atoms with Gasteiger partial charge in [0.25, 0.3) is 0 Å². The predicted molar refractivity (Wildman–Crippen MR) is 83.4 cm³/mol. The molecule has 5 heteroatoms. The molecule has 0 N–H and O–H groups in total. The molecule has 2 fully saturated rings. The molecule has 4 nitrogen and oxygen atoms in total. The highest BCUT2D eigenvalue weighted by Crippen LogP contribution is 2.38. The van der Waals surface area contributed by atoms with Gasteiger partial charge in [-0.3, -0.25) is 4.79 Å². The number of nitrogens with zero attached hydrogens (tertiary/aromatic N) is 2. The van der Waals surface area contributed by atoms with Crippen LogP contribution in [0.4, 0.5) is 0 Å². The van der Waals surface area contributed by atoms with Crippen molar-refractivity contribution < 1.29 is 9.53 Å². The number of rotatable bonds is 4. The van der Waals surface area contributed by atoms with Gasteiger partial charge in [-0.2, -0.15) is 0 Å². The lowest BCUT2D eigenvalue weighted by Crippen LogP contribution is -2.46. The number of aryl methyl sites for hydroxylation is 2. The zero-order valence-electron chi connectivity index (χ0n) is 13.0. The van der Waals surface area contributed by atoms with Crippen molar-refractivity contribution in [3.63, 3.8) is 0 Å². The van der Waals surface area contributed by atoms with Crippen molar-refractivity contribution in [1.82, 2.24) is 9.88 Å². The molecular formula is C16H24N2O2S. The van der Waals surface area contributed by atoms with Crippen LogP contribution in [0, 0.1) is 12.3 Å². The first kappa shape index (κ1) is 15.0. The van der Waals surface area contributed by atoms with Crippen molar-refractivity contribution in [2.45, 2.75) is 52.5 Å². The van der Waals surface area contributed by atoms with Crippen LogP contribution in [0.3, 0.4) is 0 Å². The van der Waals surface area contributed by atoms with Crippen LogP contribution in [0.1, 0.15) is 48.2 Å². The zero-order valence-corrected chi connectivity index (χ0v) is 13.8. The quantitative estimate of drug-likeness (QED) is 0.859. The molecule has 2 aliphatic heterocycles. The van der Waals surface area contributed by atoms with E-state index in [9.17, 15) is 4.79 Å². The second kappa shape index (κ2) is 6.05. The second-order valence-corrected chi connectivity index (χ2v) is 7.59. The van der Waals surface area contributed by atoms with E-state index in [1.165, 1.54) is 9.88 Å². The summed E-state index contributed by atoms with van der Waals surface area (Å²) in [5, 5.41) is 1.20. The van der Waals surface area contributed by atoms with Gasteiger partial charge in [0.05, 0.1) is 23.9 Å². The van der Waals surface area contributed by atoms with Crippen molar-refractivity contribution in [2.24, 2.45) is 5.41 Å². The molecule has 0 aliphatic carbocycles. The molecule has 0 bridgehead atoms. The number of amides is 1. The van der Waals surface area contributed by atoms with Crippen molar-refractivity contribution in [3.8, 4) is 0 Å². The maximum absolute atomic E-state index is 12.3. The van der Waals surface area contributed by atoms with Gasteiger partial charge in [0.15, 0.2) is 0 Å². The van der Waals surface area contributed by atoms with E-state index in [4.69, 9.17) is 4.74 Å². The van der Waals surface area contributed by atoms with E-state index in [0.29, 0.717) is 6.42 Å². The molecule has 1 amide bonds. The van der Waals surface area contributed by atoms with Crippen LogP contribution < -0.4 is 0 Å². The Bertz CT molecular complexity index is 520. The standard InChI is InChI=1S/C16H24N2O2S/c1-3-4-14-17-12(2)13(21-14)9-18-10-16(6-5-15(18)19)7-8-20-11-16/h3-11H2,1-2H3/t16-/m1/s1. The van der Waals surface area contributed by atoms with Crippen LogP contribution in [0.15, 0.2) is 0 Å². The van der Waals surface area contributed by atoms with Crippen LogP contribution >= 0.6 is 11.3 Å². The third-order valence-electron chi connectivity index (χ3n) is 4.67. The lowest BCUT2D eigenvalue weighted by atomic mass is 9.79. The van der Waals surface area contributed by atoms with Gasteiger partial charge in [0, 0.05) is 29.9 Å². The van der Waals surface area contributed by atoms with E-state index in [2.05, 4.69) is 18.8 Å². The van der Waals surface area contributed by atoms with Crippen molar-refractivity contribution in [2.75, 3.05) is 19.8 Å². The SMILES string of the molecule is CCCc1nc(C)c(CN2C[C@]3(CCOC3)CCC2=O)s1. The summed E-state index contributed by atoms with van der Waals surface area (Å²) in [5.74, 6) is 0.289. The van der Waals surface area contributed by atoms with Crippen LogP contribution in [0.25, 0.3) is 0 Å². The van der Waals surface area contributed by atoms with E-state index in [1.807, 2.05) is 4.90 Å². The van der Waals surface area contributed by atoms with Crippen molar-refractivity contribution in [3.05, 3.63) is 15.6 Å². The number of thiazole rings is 1. The molecule has 0 aromatic carbocycles. The van der Waals surface area contributed by atoms with Crippen molar-refractivity contribution >= 4 is 17.2 Å². The van der Waals surface area contributed by atoms with Crippen LogP contribution in [0.2, 0.25) is 0 Å². The smallest absolute Gasteiger partial charge is 0.222 e. The number of aromatic nitrogens is 1. The minimum atomic E-state index is 0.221. The van der Waals surface area contributed by atoms with E-state index in [0.717, 1.165) is 57.7 Å². The summed E-state index contributed by atoms with van der Waals surface area (Å²) in [4.78, 5) is 20.2. The average Bonchev–Trinajstić information content (AvgIpc) is 3.03. The molecule has 1 aromatic rings. The van der Waals surface area contributed by atoms with Gasteiger partial charge in [-0.15, -0.1) is 11.3 Å². The number of hydrogen-bond donors (Lipinski definition) is 0. The van der Waals surface area contributed by atoms with E-state index in [-0.39, 0.29) is 11.3 Å². The molecule has 1 spiro atoms. The molecule has 116 valence electrons. The van der Waals surface area contributed by atoms with Gasteiger partial charge in [0.2, 0.25) is 5.91 Å². The fraction of sp³-hybridized carbons (Fsp3) is 0.750. The van der Waals surface area contributed by atoms with Gasteiger partial charge in [-0.1, -0.05) is 6.92 Å². The monoisotopic (exact) mass is 308 g/mol. The zero-order chi connectivity index (χ0) is 14.9. The maximum Gasteiger partial charge on any atom is 0.222 e.